The molecule has 0 bridgehead atoms. The van der Waals surface area contributed by atoms with Crippen molar-refractivity contribution in [3.05, 3.63) is 76.3 Å². The lowest BCUT2D eigenvalue weighted by Gasteiger charge is -2.36. The summed E-state index contributed by atoms with van der Waals surface area (Å²) in [5.74, 6) is -0.574. The second kappa shape index (κ2) is 7.41. The molecule has 7 nitrogen and oxygen atoms in total. The molecule has 0 saturated heterocycles. The molecule has 2 heterocycles. The van der Waals surface area contributed by atoms with Crippen LogP contribution in [0.3, 0.4) is 0 Å². The number of hydrogen-bond donors (Lipinski definition) is 0. The van der Waals surface area contributed by atoms with Gasteiger partial charge in [-0.1, -0.05) is 29.8 Å². The van der Waals surface area contributed by atoms with E-state index in [-0.39, 0.29) is 34.3 Å². The van der Waals surface area contributed by atoms with Crippen molar-refractivity contribution < 1.29 is 17.6 Å². The molecule has 2 amide bonds. The van der Waals surface area contributed by atoms with E-state index in [1.165, 1.54) is 39.9 Å². The predicted octanol–water partition coefficient (Wildman–Crippen LogP) is 3.85. The fourth-order valence-electron chi connectivity index (χ4n) is 3.46. The lowest BCUT2D eigenvalue weighted by molar-refractivity contribution is 0.225. The zero-order valence-corrected chi connectivity index (χ0v) is 17.8. The third-order valence-electron chi connectivity index (χ3n) is 4.95. The summed E-state index contributed by atoms with van der Waals surface area (Å²) >= 11 is 6.15. The van der Waals surface area contributed by atoms with Gasteiger partial charge in [-0.3, -0.25) is 9.58 Å². The van der Waals surface area contributed by atoms with Gasteiger partial charge in [0.1, 0.15) is 10.7 Å². The zero-order valence-electron chi connectivity index (χ0n) is 16.2. The van der Waals surface area contributed by atoms with Crippen LogP contribution >= 0.6 is 11.6 Å². The van der Waals surface area contributed by atoms with Crippen molar-refractivity contribution in [3.63, 3.8) is 0 Å². The molecule has 3 aromatic rings. The Balaban J connectivity index is 1.82. The number of hydrogen-bond acceptors (Lipinski definition) is 4. The second-order valence-corrected chi connectivity index (χ2v) is 9.19. The lowest BCUT2D eigenvalue weighted by Crippen LogP contribution is -2.50. The van der Waals surface area contributed by atoms with Gasteiger partial charge in [0.05, 0.1) is 30.2 Å². The number of nitrogens with zero attached hydrogens (tertiary/aromatic N) is 4. The molecule has 0 atom stereocenters. The van der Waals surface area contributed by atoms with Gasteiger partial charge < -0.3 is 0 Å². The van der Waals surface area contributed by atoms with Gasteiger partial charge in [-0.2, -0.15) is 5.10 Å². The van der Waals surface area contributed by atoms with Gasteiger partial charge in [0.25, 0.3) is 10.0 Å². The molecule has 1 aliphatic rings. The van der Waals surface area contributed by atoms with Crippen LogP contribution in [0.1, 0.15) is 17.0 Å². The first-order valence-corrected chi connectivity index (χ1v) is 10.9. The summed E-state index contributed by atoms with van der Waals surface area (Å²) in [5.41, 5.74) is 1.54. The average molecular weight is 449 g/mol. The van der Waals surface area contributed by atoms with E-state index in [1.807, 2.05) is 0 Å². The van der Waals surface area contributed by atoms with Gasteiger partial charge >= 0.3 is 6.03 Å². The highest BCUT2D eigenvalue weighted by Gasteiger charge is 2.42. The summed E-state index contributed by atoms with van der Waals surface area (Å²) in [5, 5.41) is 4.36. The van der Waals surface area contributed by atoms with E-state index in [1.54, 1.807) is 32.2 Å². The summed E-state index contributed by atoms with van der Waals surface area (Å²) < 4.78 is 43.1. The van der Waals surface area contributed by atoms with Crippen LogP contribution in [-0.4, -0.2) is 28.5 Å². The molecule has 0 radical (unpaired) electrons. The number of carbonyl (C=O) groups excluding carboxylic acids is 1. The molecule has 0 spiro atoms. The van der Waals surface area contributed by atoms with Crippen LogP contribution in [0.5, 0.6) is 0 Å². The molecule has 0 saturated carbocycles. The van der Waals surface area contributed by atoms with Crippen molar-refractivity contribution in [2.24, 2.45) is 7.05 Å². The van der Waals surface area contributed by atoms with Crippen LogP contribution in [0.4, 0.5) is 14.9 Å². The van der Waals surface area contributed by atoms with Crippen molar-refractivity contribution in [1.82, 2.24) is 14.1 Å². The van der Waals surface area contributed by atoms with Crippen molar-refractivity contribution >= 4 is 33.3 Å². The highest BCUT2D eigenvalue weighted by molar-refractivity contribution is 7.90. The number of rotatable bonds is 4. The summed E-state index contributed by atoms with van der Waals surface area (Å²) in [6.45, 7) is 1.37. The van der Waals surface area contributed by atoms with E-state index in [4.69, 9.17) is 11.6 Å². The Bertz CT molecular complexity index is 1240. The number of benzene rings is 2. The van der Waals surface area contributed by atoms with Crippen molar-refractivity contribution in [2.75, 3.05) is 4.90 Å². The van der Waals surface area contributed by atoms with E-state index < -0.39 is 21.9 Å². The molecule has 0 fully saturated rings. The molecule has 0 unspecified atom stereocenters. The number of anilines is 1. The Morgan fingerprint density at radius 3 is 2.50 bits per heavy atom. The zero-order chi connectivity index (χ0) is 21.6. The number of para-hydroxylation sites is 1. The predicted molar refractivity (Wildman–Crippen MR) is 110 cm³/mol. The molecule has 1 aromatic heterocycles. The molecule has 4 rings (SSSR count). The van der Waals surface area contributed by atoms with Gasteiger partial charge in [-0.05, 0) is 37.3 Å². The first kappa shape index (κ1) is 20.4. The smallest absolute Gasteiger partial charge is 0.287 e. The second-order valence-electron chi connectivity index (χ2n) is 6.95. The molecule has 30 heavy (non-hydrogen) atoms. The molecule has 156 valence electrons. The molecular formula is C20H18ClFN4O3S. The summed E-state index contributed by atoms with van der Waals surface area (Å²) in [6, 6.07) is 11.3. The fraction of sp³-hybridized carbons (Fsp3) is 0.200. The van der Waals surface area contributed by atoms with Gasteiger partial charge in [0, 0.05) is 17.6 Å². The maximum Gasteiger partial charge on any atom is 0.339 e. The van der Waals surface area contributed by atoms with Crippen LogP contribution in [-0.2, 0) is 30.2 Å². The topological polar surface area (TPSA) is 75.5 Å². The van der Waals surface area contributed by atoms with Gasteiger partial charge in [-0.25, -0.2) is 21.9 Å². The van der Waals surface area contributed by atoms with Crippen molar-refractivity contribution in [3.8, 4) is 0 Å². The third-order valence-corrected chi connectivity index (χ3v) is 7.07. The standard InChI is InChI=1S/C20H18ClFN4O3S/c1-13-10-14(24(2)23-13)11-26-20(27)25(12-15-16(21)6-5-7-17(15)22)18-8-3-4-9-19(18)30(26,28)29/h3-10H,11-12H2,1-2H3. The first-order valence-electron chi connectivity index (χ1n) is 9.06. The van der Waals surface area contributed by atoms with Gasteiger partial charge in [0.15, 0.2) is 0 Å². The molecule has 2 aromatic carbocycles. The van der Waals surface area contributed by atoms with Crippen LogP contribution in [0, 0.1) is 12.7 Å². The highest BCUT2D eigenvalue weighted by Crippen LogP contribution is 2.37. The van der Waals surface area contributed by atoms with Crippen LogP contribution in [0.25, 0.3) is 0 Å². The number of amides is 2. The van der Waals surface area contributed by atoms with Gasteiger partial charge in [0.2, 0.25) is 0 Å². The summed E-state index contributed by atoms with van der Waals surface area (Å²) in [4.78, 5) is 14.5. The maximum absolute atomic E-state index is 14.4. The molecule has 1 aliphatic heterocycles. The summed E-state index contributed by atoms with van der Waals surface area (Å²) in [7, 11) is -2.43. The van der Waals surface area contributed by atoms with E-state index in [0.717, 1.165) is 4.31 Å². The Kier molecular flexibility index (Phi) is 5.03. The normalized spacial score (nSPS) is 15.4. The Morgan fingerprint density at radius 1 is 1.10 bits per heavy atom. The lowest BCUT2D eigenvalue weighted by atomic mass is 10.2. The van der Waals surface area contributed by atoms with E-state index >= 15 is 0 Å². The first-order chi connectivity index (χ1) is 14.2. The van der Waals surface area contributed by atoms with Crippen LogP contribution in [0.2, 0.25) is 5.02 Å². The SMILES string of the molecule is Cc1cc(CN2C(=O)N(Cc3c(F)cccc3Cl)c3ccccc3S2(=O)=O)n(C)n1. The molecule has 0 N–H and O–H groups in total. The third kappa shape index (κ3) is 3.33. The average Bonchev–Trinajstić information content (AvgIpc) is 3.01. The Morgan fingerprint density at radius 2 is 1.83 bits per heavy atom. The largest absolute Gasteiger partial charge is 0.339 e. The quantitative estimate of drug-likeness (QED) is 0.607. The van der Waals surface area contributed by atoms with E-state index in [2.05, 4.69) is 5.10 Å². The maximum atomic E-state index is 14.4. The number of carbonyl (C=O) groups is 1. The van der Waals surface area contributed by atoms with Crippen molar-refractivity contribution in [2.45, 2.75) is 24.9 Å². The minimum Gasteiger partial charge on any atom is -0.287 e. The number of fused-ring (bicyclic) bond motifs is 1. The minimum atomic E-state index is -4.11. The fourth-order valence-corrected chi connectivity index (χ4v) is 5.22. The number of aromatic nitrogens is 2. The molecule has 10 heteroatoms. The Labute approximate surface area is 178 Å². The van der Waals surface area contributed by atoms with Crippen LogP contribution < -0.4 is 4.90 Å². The number of urea groups is 1. The Hall–Kier alpha value is -2.91. The monoisotopic (exact) mass is 448 g/mol. The van der Waals surface area contributed by atoms with Gasteiger partial charge in [-0.15, -0.1) is 0 Å². The van der Waals surface area contributed by atoms with E-state index in [9.17, 15) is 17.6 Å². The number of sulfonamides is 1. The minimum absolute atomic E-state index is 0.0315. The van der Waals surface area contributed by atoms with Crippen LogP contribution in [0.15, 0.2) is 53.4 Å². The summed E-state index contributed by atoms with van der Waals surface area (Å²) in [6.07, 6.45) is 0. The van der Waals surface area contributed by atoms with Crippen molar-refractivity contribution in [1.29, 1.82) is 0 Å². The molecular weight excluding hydrogens is 431 g/mol. The number of halogens is 2. The molecule has 0 aliphatic carbocycles. The highest BCUT2D eigenvalue weighted by atomic mass is 35.5. The van der Waals surface area contributed by atoms with E-state index in [0.29, 0.717) is 11.4 Å². The number of aryl methyl sites for hydroxylation is 2.